The third-order valence-corrected chi connectivity index (χ3v) is 5.41. The number of alkyl halides is 1. The Balaban J connectivity index is 1.67. The fourth-order valence-corrected chi connectivity index (χ4v) is 4.01. The molecule has 0 unspecified atom stereocenters. The molecule has 0 amide bonds. The van der Waals surface area contributed by atoms with Crippen LogP contribution in [0.15, 0.2) is 47.7 Å². The first kappa shape index (κ1) is 17.9. The molecule has 5 rings (SSSR count). The van der Waals surface area contributed by atoms with E-state index in [9.17, 15) is 18.0 Å². The number of hydrogen-bond donors (Lipinski definition) is 1. The molecule has 1 aromatic carbocycles. The maximum Gasteiger partial charge on any atom is 0.261 e. The van der Waals surface area contributed by atoms with Gasteiger partial charge in [0.25, 0.3) is 5.56 Å². The number of benzene rings is 1. The van der Waals surface area contributed by atoms with Crippen molar-refractivity contribution in [3.05, 3.63) is 70.5 Å². The SMILES string of the molecule is Cc1cn2cc(-c3cc(F)c4c(=O)n([C@@H]5CNC[C@H]5F)ccc4c3)cc(F)c2n1. The highest BCUT2D eigenvalue weighted by atomic mass is 19.1. The summed E-state index contributed by atoms with van der Waals surface area (Å²) in [5, 5.41) is 3.17. The van der Waals surface area contributed by atoms with E-state index < -0.39 is 29.4 Å². The van der Waals surface area contributed by atoms with Crippen LogP contribution in [0, 0.1) is 18.6 Å². The molecule has 1 saturated heterocycles. The summed E-state index contributed by atoms with van der Waals surface area (Å²) in [5.41, 5.74) is 1.18. The summed E-state index contributed by atoms with van der Waals surface area (Å²) in [6.45, 7) is 2.24. The number of nitrogens with zero attached hydrogens (tertiary/aromatic N) is 3. The van der Waals surface area contributed by atoms with Gasteiger partial charge in [0.05, 0.1) is 17.1 Å². The zero-order chi connectivity index (χ0) is 20.3. The van der Waals surface area contributed by atoms with Crippen LogP contribution in [0.5, 0.6) is 0 Å². The van der Waals surface area contributed by atoms with Crippen LogP contribution in [-0.4, -0.2) is 33.2 Å². The minimum absolute atomic E-state index is 0.102. The second-order valence-corrected chi connectivity index (χ2v) is 7.38. The zero-order valence-corrected chi connectivity index (χ0v) is 15.5. The minimum atomic E-state index is -1.21. The van der Waals surface area contributed by atoms with Crippen molar-refractivity contribution in [3.63, 3.8) is 0 Å². The van der Waals surface area contributed by atoms with Gasteiger partial charge in [0.2, 0.25) is 0 Å². The Morgan fingerprint density at radius 1 is 1.10 bits per heavy atom. The lowest BCUT2D eigenvalue weighted by atomic mass is 10.0. The molecule has 29 heavy (non-hydrogen) atoms. The molecule has 2 atom stereocenters. The van der Waals surface area contributed by atoms with Crippen molar-refractivity contribution in [1.82, 2.24) is 19.3 Å². The molecule has 0 aliphatic carbocycles. The molecule has 8 heteroatoms. The fraction of sp³-hybridized carbons (Fsp3) is 0.238. The van der Waals surface area contributed by atoms with Crippen molar-refractivity contribution in [3.8, 4) is 11.1 Å². The maximum atomic E-state index is 14.9. The lowest BCUT2D eigenvalue weighted by Crippen LogP contribution is -2.30. The number of pyridine rings is 2. The van der Waals surface area contributed by atoms with Crippen LogP contribution >= 0.6 is 0 Å². The van der Waals surface area contributed by atoms with Gasteiger partial charge in [0.1, 0.15) is 12.0 Å². The lowest BCUT2D eigenvalue weighted by molar-refractivity contribution is 0.280. The third kappa shape index (κ3) is 2.82. The molecular weight excluding hydrogens is 381 g/mol. The van der Waals surface area contributed by atoms with Gasteiger partial charge in [-0.2, -0.15) is 0 Å². The average Bonchev–Trinajstić information content (AvgIpc) is 3.26. The van der Waals surface area contributed by atoms with E-state index in [0.29, 0.717) is 28.8 Å². The van der Waals surface area contributed by atoms with Crippen LogP contribution in [0.1, 0.15) is 11.7 Å². The monoisotopic (exact) mass is 398 g/mol. The van der Waals surface area contributed by atoms with Crippen molar-refractivity contribution < 1.29 is 13.2 Å². The number of nitrogens with one attached hydrogen (secondary N) is 1. The van der Waals surface area contributed by atoms with Gasteiger partial charge < -0.3 is 14.3 Å². The number of fused-ring (bicyclic) bond motifs is 2. The molecular formula is C21H17F3N4O. The van der Waals surface area contributed by atoms with Gasteiger partial charge in [-0.25, -0.2) is 18.2 Å². The van der Waals surface area contributed by atoms with Crippen molar-refractivity contribution in [2.75, 3.05) is 13.1 Å². The molecule has 4 aromatic rings. The molecule has 4 heterocycles. The second-order valence-electron chi connectivity index (χ2n) is 7.38. The second kappa shape index (κ2) is 6.45. The lowest BCUT2D eigenvalue weighted by Gasteiger charge is -2.16. The van der Waals surface area contributed by atoms with Gasteiger partial charge in [0, 0.05) is 37.2 Å². The molecule has 0 bridgehead atoms. The number of hydrogen-bond acceptors (Lipinski definition) is 3. The molecule has 148 valence electrons. The third-order valence-electron chi connectivity index (χ3n) is 5.41. The fourth-order valence-electron chi connectivity index (χ4n) is 4.01. The van der Waals surface area contributed by atoms with Gasteiger partial charge in [-0.1, -0.05) is 0 Å². The smallest absolute Gasteiger partial charge is 0.261 e. The van der Waals surface area contributed by atoms with Gasteiger partial charge in [-0.15, -0.1) is 0 Å². The van der Waals surface area contributed by atoms with Crippen LogP contribution < -0.4 is 10.9 Å². The quantitative estimate of drug-likeness (QED) is 0.563. The zero-order valence-electron chi connectivity index (χ0n) is 15.5. The molecule has 1 fully saturated rings. The van der Waals surface area contributed by atoms with E-state index in [1.807, 2.05) is 0 Å². The van der Waals surface area contributed by atoms with E-state index >= 15 is 0 Å². The van der Waals surface area contributed by atoms with Crippen molar-refractivity contribution in [2.45, 2.75) is 19.1 Å². The predicted molar refractivity (Wildman–Crippen MR) is 104 cm³/mol. The molecule has 1 N–H and O–H groups in total. The standard InChI is InChI=1S/C21H17F3N4O/c1-11-9-27-10-14(6-16(23)20(27)26-11)13-4-12-2-3-28(18-8-25-7-17(18)24)21(29)19(12)15(22)5-13/h2-6,9-10,17-18,25H,7-8H2,1H3/t17-,18-/m1/s1. The average molecular weight is 398 g/mol. The number of imidazole rings is 1. The summed E-state index contributed by atoms with van der Waals surface area (Å²) in [4.78, 5) is 16.9. The summed E-state index contributed by atoms with van der Waals surface area (Å²) < 4.78 is 46.2. The molecule has 0 radical (unpaired) electrons. The Morgan fingerprint density at radius 2 is 1.90 bits per heavy atom. The Hall–Kier alpha value is -3.13. The highest BCUT2D eigenvalue weighted by Gasteiger charge is 2.29. The topological polar surface area (TPSA) is 51.3 Å². The van der Waals surface area contributed by atoms with E-state index in [2.05, 4.69) is 10.3 Å². The highest BCUT2D eigenvalue weighted by molar-refractivity contribution is 5.87. The van der Waals surface area contributed by atoms with Crippen LogP contribution in [0.25, 0.3) is 27.5 Å². The van der Waals surface area contributed by atoms with Gasteiger partial charge >= 0.3 is 0 Å². The van der Waals surface area contributed by atoms with Crippen LogP contribution in [0.2, 0.25) is 0 Å². The largest absolute Gasteiger partial charge is 0.312 e. The summed E-state index contributed by atoms with van der Waals surface area (Å²) >= 11 is 0. The normalized spacial score (nSPS) is 19.4. The number of aromatic nitrogens is 3. The maximum absolute atomic E-state index is 14.9. The summed E-state index contributed by atoms with van der Waals surface area (Å²) in [6, 6.07) is 5.06. The van der Waals surface area contributed by atoms with Crippen LogP contribution in [-0.2, 0) is 0 Å². The molecule has 0 spiro atoms. The van der Waals surface area contributed by atoms with Gasteiger partial charge in [-0.05, 0) is 42.1 Å². The van der Waals surface area contributed by atoms with E-state index in [4.69, 9.17) is 0 Å². The van der Waals surface area contributed by atoms with E-state index in [-0.39, 0.29) is 17.6 Å². The highest BCUT2D eigenvalue weighted by Crippen LogP contribution is 2.28. The first-order valence-corrected chi connectivity index (χ1v) is 9.27. The van der Waals surface area contributed by atoms with Crippen LogP contribution in [0.4, 0.5) is 13.2 Å². The Morgan fingerprint density at radius 3 is 2.66 bits per heavy atom. The van der Waals surface area contributed by atoms with E-state index in [1.165, 1.54) is 22.9 Å². The summed E-state index contributed by atoms with van der Waals surface area (Å²) in [5.74, 6) is -1.24. The Labute approximate surface area is 163 Å². The first-order valence-electron chi connectivity index (χ1n) is 9.27. The predicted octanol–water partition coefficient (Wildman–Crippen LogP) is 3.39. The molecule has 5 nitrogen and oxygen atoms in total. The van der Waals surface area contributed by atoms with Crippen molar-refractivity contribution in [1.29, 1.82) is 0 Å². The molecule has 0 saturated carbocycles. The first-order chi connectivity index (χ1) is 13.9. The Kier molecular flexibility index (Phi) is 3.99. The van der Waals surface area contributed by atoms with Crippen molar-refractivity contribution in [2.24, 2.45) is 0 Å². The van der Waals surface area contributed by atoms with Gasteiger partial charge in [-0.3, -0.25) is 4.79 Å². The summed E-state index contributed by atoms with van der Waals surface area (Å²) in [6.07, 6.45) is 3.63. The minimum Gasteiger partial charge on any atom is -0.312 e. The Bertz CT molecular complexity index is 1330. The van der Waals surface area contributed by atoms with Gasteiger partial charge in [0.15, 0.2) is 11.5 Å². The van der Waals surface area contributed by atoms with Crippen molar-refractivity contribution >= 4 is 16.4 Å². The number of halogens is 3. The van der Waals surface area contributed by atoms with E-state index in [0.717, 1.165) is 0 Å². The van der Waals surface area contributed by atoms with Crippen LogP contribution in [0.3, 0.4) is 0 Å². The molecule has 1 aliphatic rings. The molecule has 1 aliphatic heterocycles. The molecule has 3 aromatic heterocycles. The number of rotatable bonds is 2. The number of aryl methyl sites for hydroxylation is 1. The van der Waals surface area contributed by atoms with E-state index in [1.54, 1.807) is 35.9 Å². The summed E-state index contributed by atoms with van der Waals surface area (Å²) in [7, 11) is 0.